The lowest BCUT2D eigenvalue weighted by Crippen LogP contribution is -2.10. The van der Waals surface area contributed by atoms with E-state index in [1.807, 2.05) is 0 Å². The Morgan fingerprint density at radius 1 is 0.810 bits per heavy atom. The number of hydrogen-bond acceptors (Lipinski definition) is 6. The van der Waals surface area contributed by atoms with E-state index in [1.165, 1.54) is 24.3 Å². The van der Waals surface area contributed by atoms with Crippen LogP contribution in [0.2, 0.25) is 0 Å². The Morgan fingerprint density at radius 2 is 1.29 bits per heavy atom. The number of nitrogens with two attached hydrogens (primary N) is 1. The predicted octanol–water partition coefficient (Wildman–Crippen LogP) is 1.28. The Kier molecular flexibility index (Phi) is 3.90. The van der Waals surface area contributed by atoms with Gasteiger partial charge in [-0.25, -0.2) is 0 Å². The molecule has 7 nitrogen and oxygen atoms in total. The molecule has 0 atom stereocenters. The van der Waals surface area contributed by atoms with E-state index >= 15 is 0 Å². The van der Waals surface area contributed by atoms with Gasteiger partial charge in [0.1, 0.15) is 10.6 Å². The summed E-state index contributed by atoms with van der Waals surface area (Å²) >= 11 is 0. The third kappa shape index (κ3) is 3.72. The minimum Gasteiger partial charge on any atom is -0.399 e. The first-order valence-corrected chi connectivity index (χ1v) is 8.41. The standard InChI is InChI=1S/C12H11NO6S2/c13-9-1-5-12(6-2-9)21(17,18)19-10-3-7-11(8-4-10)20(14,15)16/h1-8H,13H2,(H,14,15,16). The molecular formula is C12H11NO6S2. The summed E-state index contributed by atoms with van der Waals surface area (Å²) in [5.41, 5.74) is 5.87. The molecule has 0 bridgehead atoms. The molecular weight excluding hydrogens is 318 g/mol. The molecule has 0 aromatic heterocycles. The van der Waals surface area contributed by atoms with Crippen molar-refractivity contribution in [3.63, 3.8) is 0 Å². The molecule has 0 saturated carbocycles. The van der Waals surface area contributed by atoms with Crippen LogP contribution in [0, 0.1) is 0 Å². The summed E-state index contributed by atoms with van der Waals surface area (Å²) in [6.07, 6.45) is 0. The van der Waals surface area contributed by atoms with Crippen molar-refractivity contribution in [2.24, 2.45) is 0 Å². The normalized spacial score (nSPS) is 12.0. The highest BCUT2D eigenvalue weighted by molar-refractivity contribution is 7.87. The maximum Gasteiger partial charge on any atom is 0.339 e. The Bertz CT molecular complexity index is 840. The van der Waals surface area contributed by atoms with Gasteiger partial charge in [-0.15, -0.1) is 0 Å². The first kappa shape index (κ1) is 15.3. The summed E-state index contributed by atoms with van der Waals surface area (Å²) in [6, 6.07) is 9.71. The molecule has 0 radical (unpaired) electrons. The van der Waals surface area contributed by atoms with E-state index in [2.05, 4.69) is 0 Å². The minimum absolute atomic E-state index is 0.0841. The topological polar surface area (TPSA) is 124 Å². The molecule has 0 amide bonds. The second-order valence-electron chi connectivity index (χ2n) is 4.05. The highest BCUT2D eigenvalue weighted by Gasteiger charge is 2.17. The van der Waals surface area contributed by atoms with Crippen LogP contribution in [0.3, 0.4) is 0 Å². The molecule has 0 heterocycles. The molecule has 2 aromatic rings. The Labute approximate surface area is 121 Å². The number of rotatable bonds is 4. The summed E-state index contributed by atoms with van der Waals surface area (Å²) in [4.78, 5) is -0.449. The van der Waals surface area contributed by atoms with Crippen molar-refractivity contribution < 1.29 is 25.6 Å². The van der Waals surface area contributed by atoms with Crippen molar-refractivity contribution in [1.82, 2.24) is 0 Å². The van der Waals surface area contributed by atoms with Crippen LogP contribution >= 0.6 is 0 Å². The van der Waals surface area contributed by atoms with Crippen LogP contribution in [0.4, 0.5) is 5.69 Å². The Morgan fingerprint density at radius 3 is 1.76 bits per heavy atom. The fraction of sp³-hybridized carbons (Fsp3) is 0. The summed E-state index contributed by atoms with van der Waals surface area (Å²) in [5, 5.41) is 0. The van der Waals surface area contributed by atoms with Crippen LogP contribution in [-0.2, 0) is 20.2 Å². The molecule has 0 aliphatic rings. The zero-order valence-electron chi connectivity index (χ0n) is 10.5. The van der Waals surface area contributed by atoms with E-state index in [0.717, 1.165) is 24.3 Å². The molecule has 9 heteroatoms. The first-order chi connectivity index (χ1) is 9.68. The third-order valence-electron chi connectivity index (χ3n) is 2.50. The lowest BCUT2D eigenvalue weighted by atomic mass is 10.3. The van der Waals surface area contributed by atoms with E-state index in [1.54, 1.807) is 0 Å². The van der Waals surface area contributed by atoms with Crippen molar-refractivity contribution in [3.8, 4) is 5.75 Å². The van der Waals surface area contributed by atoms with Crippen molar-refractivity contribution in [1.29, 1.82) is 0 Å². The van der Waals surface area contributed by atoms with Gasteiger partial charge in [0.15, 0.2) is 0 Å². The fourth-order valence-corrected chi connectivity index (χ4v) is 2.89. The SMILES string of the molecule is Nc1ccc(S(=O)(=O)Oc2ccc(S(=O)(=O)O)cc2)cc1. The van der Waals surface area contributed by atoms with Gasteiger partial charge in [0.25, 0.3) is 10.1 Å². The van der Waals surface area contributed by atoms with Crippen LogP contribution in [0.5, 0.6) is 5.75 Å². The van der Waals surface area contributed by atoms with Gasteiger partial charge in [-0.1, -0.05) is 0 Å². The molecule has 0 saturated heterocycles. The summed E-state index contributed by atoms with van der Waals surface area (Å²) in [7, 11) is -8.39. The number of hydrogen-bond donors (Lipinski definition) is 2. The minimum atomic E-state index is -4.34. The van der Waals surface area contributed by atoms with Gasteiger partial charge in [0.05, 0.1) is 4.90 Å². The predicted molar refractivity (Wildman–Crippen MR) is 74.9 cm³/mol. The molecule has 2 rings (SSSR count). The lowest BCUT2D eigenvalue weighted by molar-refractivity contribution is 0.482. The number of anilines is 1. The van der Waals surface area contributed by atoms with E-state index < -0.39 is 20.2 Å². The van der Waals surface area contributed by atoms with E-state index in [0.29, 0.717) is 5.69 Å². The summed E-state index contributed by atoms with van der Waals surface area (Å²) in [6.45, 7) is 0. The maximum absolute atomic E-state index is 12.0. The molecule has 2 aromatic carbocycles. The molecule has 0 unspecified atom stereocenters. The highest BCUT2D eigenvalue weighted by Crippen LogP contribution is 2.21. The van der Waals surface area contributed by atoms with Gasteiger partial charge < -0.3 is 9.92 Å². The second kappa shape index (κ2) is 5.35. The van der Waals surface area contributed by atoms with Crippen LogP contribution in [0.25, 0.3) is 0 Å². The van der Waals surface area contributed by atoms with Crippen LogP contribution in [0.1, 0.15) is 0 Å². The smallest absolute Gasteiger partial charge is 0.339 e. The molecule has 0 spiro atoms. The van der Waals surface area contributed by atoms with Gasteiger partial charge in [0, 0.05) is 5.69 Å². The van der Waals surface area contributed by atoms with Crippen molar-refractivity contribution in [2.75, 3.05) is 5.73 Å². The van der Waals surface area contributed by atoms with Gasteiger partial charge in [-0.2, -0.15) is 16.8 Å². The molecule has 3 N–H and O–H groups in total. The van der Waals surface area contributed by atoms with Crippen LogP contribution in [0.15, 0.2) is 58.3 Å². The van der Waals surface area contributed by atoms with Gasteiger partial charge in [-0.3, -0.25) is 4.55 Å². The van der Waals surface area contributed by atoms with E-state index in [4.69, 9.17) is 14.5 Å². The quantitative estimate of drug-likeness (QED) is 0.492. The fourth-order valence-electron chi connectivity index (χ4n) is 1.48. The largest absolute Gasteiger partial charge is 0.399 e. The summed E-state index contributed by atoms with van der Waals surface area (Å²) in [5.74, 6) is -0.0841. The first-order valence-electron chi connectivity index (χ1n) is 5.56. The molecule has 112 valence electrons. The lowest BCUT2D eigenvalue weighted by Gasteiger charge is -2.07. The molecule has 0 fully saturated rings. The Balaban J connectivity index is 2.27. The molecule has 0 aliphatic heterocycles. The van der Waals surface area contributed by atoms with Gasteiger partial charge >= 0.3 is 10.1 Å². The number of nitrogen functional groups attached to an aromatic ring is 1. The molecule has 21 heavy (non-hydrogen) atoms. The average molecular weight is 329 g/mol. The summed E-state index contributed by atoms with van der Waals surface area (Å²) < 4.78 is 59.3. The van der Waals surface area contributed by atoms with Gasteiger partial charge in [-0.05, 0) is 48.5 Å². The second-order valence-corrected chi connectivity index (χ2v) is 7.02. The Hall–Kier alpha value is -2.10. The van der Waals surface area contributed by atoms with Crippen LogP contribution in [-0.4, -0.2) is 21.4 Å². The maximum atomic E-state index is 12.0. The van der Waals surface area contributed by atoms with Crippen molar-refractivity contribution in [3.05, 3.63) is 48.5 Å². The third-order valence-corrected chi connectivity index (χ3v) is 4.63. The van der Waals surface area contributed by atoms with Crippen molar-refractivity contribution in [2.45, 2.75) is 9.79 Å². The van der Waals surface area contributed by atoms with E-state index in [9.17, 15) is 16.8 Å². The monoisotopic (exact) mass is 329 g/mol. The zero-order chi connectivity index (χ0) is 15.7. The zero-order valence-corrected chi connectivity index (χ0v) is 12.1. The van der Waals surface area contributed by atoms with Crippen molar-refractivity contribution >= 4 is 25.9 Å². The molecule has 0 aliphatic carbocycles. The van der Waals surface area contributed by atoms with Gasteiger partial charge in [0.2, 0.25) is 0 Å². The number of benzene rings is 2. The highest BCUT2D eigenvalue weighted by atomic mass is 32.2. The van der Waals surface area contributed by atoms with Crippen LogP contribution < -0.4 is 9.92 Å². The van der Waals surface area contributed by atoms with E-state index in [-0.39, 0.29) is 15.5 Å². The average Bonchev–Trinajstić information content (AvgIpc) is 2.38.